The number of thiazole rings is 1. The Kier molecular flexibility index (Phi) is 10.6. The van der Waals surface area contributed by atoms with E-state index in [-0.39, 0.29) is 22.4 Å². The molecule has 3 rings (SSSR count). The number of benzene rings is 1. The van der Waals surface area contributed by atoms with Crippen molar-refractivity contribution in [1.82, 2.24) is 26.0 Å². The fourth-order valence-corrected chi connectivity index (χ4v) is 4.59. The Balaban J connectivity index is 1.71. The van der Waals surface area contributed by atoms with Gasteiger partial charge in [-0.2, -0.15) is 13.5 Å². The summed E-state index contributed by atoms with van der Waals surface area (Å²) in [6, 6.07) is 4.97. The first-order valence-electron chi connectivity index (χ1n) is 12.3. The molecule has 43 heavy (non-hydrogen) atoms. The van der Waals surface area contributed by atoms with Gasteiger partial charge in [-0.15, -0.1) is 15.6 Å². The van der Waals surface area contributed by atoms with Gasteiger partial charge in [0, 0.05) is 24.0 Å². The van der Waals surface area contributed by atoms with E-state index >= 15 is 0 Å². The van der Waals surface area contributed by atoms with Crippen molar-refractivity contribution in [3.8, 4) is 5.75 Å². The predicted molar refractivity (Wildman–Crippen MR) is 152 cm³/mol. The van der Waals surface area contributed by atoms with Gasteiger partial charge in [0.1, 0.15) is 29.9 Å². The minimum atomic E-state index is -5.01. The SMILES string of the molecule is CNCCNC(=N)c1ccc(OC[C@H](O/N=C(\C(=O)N[C@@H]2C(=O)N(OS(=O)(=O)O)C2(C)C)c2csc(N)n2)C(=O)O)cc1. The Hall–Kier alpha value is -4.37. The lowest BCUT2D eigenvalue weighted by molar-refractivity contribution is -0.218. The maximum absolute atomic E-state index is 13.1. The Morgan fingerprint density at radius 3 is 2.49 bits per heavy atom. The van der Waals surface area contributed by atoms with Crippen molar-refractivity contribution in [3.05, 3.63) is 40.9 Å². The largest absolute Gasteiger partial charge is 0.489 e. The number of nitrogens with zero attached hydrogens (tertiary/aromatic N) is 3. The molecule has 0 spiro atoms. The van der Waals surface area contributed by atoms with E-state index in [0.717, 1.165) is 11.3 Å². The summed E-state index contributed by atoms with van der Waals surface area (Å²) in [6.07, 6.45) is -1.69. The minimum absolute atomic E-state index is 0.0511. The molecule has 20 heteroatoms. The van der Waals surface area contributed by atoms with E-state index in [9.17, 15) is 27.9 Å². The second-order valence-electron chi connectivity index (χ2n) is 9.38. The molecule has 0 bridgehead atoms. The van der Waals surface area contributed by atoms with Crippen LogP contribution in [0.1, 0.15) is 25.1 Å². The standard InChI is InChI=1S/C23H30N8O10S2/c1-23(2)17(20(33)31(23)41-43(36,37)38)29-19(32)16(14-11-42-22(25)28-14)30-40-15(21(34)35)10-39-13-6-4-12(5-7-13)18(24)27-9-8-26-3/h4-7,11,15,17,26H,8-10H2,1-3H3,(H2,24,27)(H2,25,28)(H,29,32)(H,34,35)(H,36,37,38)/b30-16-/t15-,17+/m0/s1. The first-order chi connectivity index (χ1) is 20.1. The van der Waals surface area contributed by atoms with Crippen LogP contribution in [0.4, 0.5) is 5.13 Å². The van der Waals surface area contributed by atoms with E-state index in [1.165, 1.54) is 31.4 Å². The van der Waals surface area contributed by atoms with Crippen LogP contribution in [0, 0.1) is 5.41 Å². The molecule has 1 aliphatic heterocycles. The molecule has 1 aromatic carbocycles. The number of amidine groups is 1. The summed E-state index contributed by atoms with van der Waals surface area (Å²) < 4.78 is 40.8. The molecule has 18 nitrogen and oxygen atoms in total. The molecule has 0 unspecified atom stereocenters. The van der Waals surface area contributed by atoms with Crippen molar-refractivity contribution >= 4 is 56.2 Å². The third-order valence-corrected chi connectivity index (χ3v) is 6.88. The molecule has 1 fully saturated rings. The predicted octanol–water partition coefficient (Wildman–Crippen LogP) is -1.05. The van der Waals surface area contributed by atoms with Gasteiger partial charge in [-0.3, -0.25) is 19.6 Å². The Morgan fingerprint density at radius 1 is 1.28 bits per heavy atom. The van der Waals surface area contributed by atoms with Crippen LogP contribution in [0.2, 0.25) is 0 Å². The van der Waals surface area contributed by atoms with Crippen molar-refractivity contribution in [2.75, 3.05) is 32.5 Å². The van der Waals surface area contributed by atoms with Crippen LogP contribution in [0.3, 0.4) is 0 Å². The number of carboxylic acids is 1. The number of nitrogens with one attached hydrogen (secondary N) is 4. The molecule has 2 heterocycles. The van der Waals surface area contributed by atoms with E-state index in [1.807, 2.05) is 0 Å². The number of likely N-dealkylation sites (N-methyl/N-ethyl adjacent to an activating group) is 1. The number of hydrogen-bond donors (Lipinski definition) is 7. The van der Waals surface area contributed by atoms with Crippen molar-refractivity contribution in [2.45, 2.75) is 31.5 Å². The van der Waals surface area contributed by atoms with Crippen molar-refractivity contribution in [2.24, 2.45) is 5.16 Å². The molecule has 1 saturated heterocycles. The van der Waals surface area contributed by atoms with Gasteiger partial charge in [0.25, 0.3) is 17.9 Å². The first kappa shape index (κ1) is 33.1. The average molecular weight is 643 g/mol. The Morgan fingerprint density at radius 2 is 1.95 bits per heavy atom. The zero-order valence-corrected chi connectivity index (χ0v) is 24.7. The third kappa shape index (κ3) is 8.58. The number of aromatic nitrogens is 1. The average Bonchev–Trinajstić information content (AvgIpc) is 3.37. The number of hydroxylamine groups is 2. The Labute approximate surface area is 249 Å². The molecule has 1 aromatic heterocycles. The maximum Gasteiger partial charge on any atom is 0.418 e. The molecule has 0 radical (unpaired) electrons. The van der Waals surface area contributed by atoms with E-state index in [0.29, 0.717) is 23.7 Å². The lowest BCUT2D eigenvalue weighted by Crippen LogP contribution is -2.76. The summed E-state index contributed by atoms with van der Waals surface area (Å²) in [6.45, 7) is 3.40. The Bertz CT molecular complexity index is 1490. The number of nitrogens with two attached hydrogens (primary N) is 1. The molecule has 8 N–H and O–H groups in total. The second-order valence-corrected chi connectivity index (χ2v) is 11.3. The molecule has 2 amide bonds. The molecular weight excluding hydrogens is 612 g/mol. The topological polar surface area (TPSA) is 268 Å². The normalized spacial score (nSPS) is 17.0. The highest BCUT2D eigenvalue weighted by atomic mass is 32.3. The lowest BCUT2D eigenvalue weighted by atomic mass is 9.84. The fourth-order valence-electron chi connectivity index (χ4n) is 3.59. The highest BCUT2D eigenvalue weighted by Gasteiger charge is 2.58. The minimum Gasteiger partial charge on any atom is -0.489 e. The van der Waals surface area contributed by atoms with Gasteiger partial charge in [0.2, 0.25) is 0 Å². The fraction of sp³-hybridized carbons (Fsp3) is 0.391. The zero-order chi connectivity index (χ0) is 31.9. The van der Waals surface area contributed by atoms with Gasteiger partial charge < -0.3 is 36.4 Å². The number of oxime groups is 1. The maximum atomic E-state index is 13.1. The van der Waals surface area contributed by atoms with Crippen molar-refractivity contribution in [3.63, 3.8) is 0 Å². The number of aliphatic carboxylic acids is 1. The third-order valence-electron chi connectivity index (χ3n) is 5.87. The highest BCUT2D eigenvalue weighted by molar-refractivity contribution is 7.80. The van der Waals surface area contributed by atoms with E-state index in [4.69, 9.17) is 25.3 Å². The van der Waals surface area contributed by atoms with Gasteiger partial charge in [0.05, 0.1) is 5.54 Å². The van der Waals surface area contributed by atoms with Gasteiger partial charge in [-0.1, -0.05) is 5.16 Å². The van der Waals surface area contributed by atoms with Crippen LogP contribution >= 0.6 is 11.3 Å². The van der Waals surface area contributed by atoms with Crippen LogP contribution in [0.25, 0.3) is 0 Å². The summed E-state index contributed by atoms with van der Waals surface area (Å²) >= 11 is 0.949. The number of ether oxygens (including phenoxy) is 1. The van der Waals surface area contributed by atoms with Crippen molar-refractivity contribution < 1.29 is 46.3 Å². The first-order valence-corrected chi connectivity index (χ1v) is 14.6. The van der Waals surface area contributed by atoms with Crippen LogP contribution in [-0.2, 0) is 33.9 Å². The molecule has 2 atom stereocenters. The van der Waals surface area contributed by atoms with E-state index < -0.39 is 58.2 Å². The van der Waals surface area contributed by atoms with Crippen molar-refractivity contribution in [1.29, 1.82) is 5.41 Å². The number of nitrogen functional groups attached to an aromatic ring is 1. The second kappa shape index (κ2) is 13.7. The number of β-lactam (4-membered cyclic amide) rings is 1. The van der Waals surface area contributed by atoms with Crippen LogP contribution in [-0.4, -0.2) is 102 Å². The molecule has 0 saturated carbocycles. The molecule has 234 valence electrons. The summed E-state index contributed by atoms with van der Waals surface area (Å²) in [5, 5.41) is 31.4. The van der Waals surface area contributed by atoms with E-state index in [1.54, 1.807) is 19.2 Å². The summed E-state index contributed by atoms with van der Waals surface area (Å²) in [5.41, 5.74) is 4.18. The summed E-state index contributed by atoms with van der Waals surface area (Å²) in [4.78, 5) is 46.5. The number of rotatable bonds is 15. The van der Waals surface area contributed by atoms with Gasteiger partial charge in [-0.25, -0.2) is 9.78 Å². The highest BCUT2D eigenvalue weighted by Crippen LogP contribution is 2.33. The number of amides is 2. The van der Waals surface area contributed by atoms with Crippen LogP contribution in [0.5, 0.6) is 5.75 Å². The smallest absolute Gasteiger partial charge is 0.418 e. The quantitative estimate of drug-likeness (QED) is 0.0305. The monoisotopic (exact) mass is 642 g/mol. The molecule has 0 aliphatic carbocycles. The molecule has 2 aromatic rings. The van der Waals surface area contributed by atoms with Crippen LogP contribution < -0.4 is 26.4 Å². The summed E-state index contributed by atoms with van der Waals surface area (Å²) in [7, 11) is -3.22. The zero-order valence-electron chi connectivity index (χ0n) is 23.1. The lowest BCUT2D eigenvalue weighted by Gasteiger charge is -2.50. The van der Waals surface area contributed by atoms with Gasteiger partial charge in [0.15, 0.2) is 10.8 Å². The number of anilines is 1. The van der Waals surface area contributed by atoms with Gasteiger partial charge >= 0.3 is 16.4 Å². The molecule has 1 aliphatic rings. The van der Waals surface area contributed by atoms with E-state index in [2.05, 4.69) is 30.4 Å². The molecular formula is C23H30N8O10S2. The number of carbonyl (C=O) groups excluding carboxylic acids is 2. The number of hydrogen-bond acceptors (Lipinski definition) is 14. The summed E-state index contributed by atoms with van der Waals surface area (Å²) in [5.74, 6) is -3.03. The van der Waals surface area contributed by atoms with Gasteiger partial charge in [-0.05, 0) is 45.2 Å². The van der Waals surface area contributed by atoms with Crippen LogP contribution in [0.15, 0.2) is 34.8 Å². The number of carboxylic acid groups (broad SMARTS) is 1. The number of carbonyl (C=O) groups is 3.